The Morgan fingerprint density at radius 1 is 1.24 bits per heavy atom. The van der Waals surface area contributed by atoms with Crippen LogP contribution in [-0.2, 0) is 0 Å². The number of H-pyrrole nitrogens is 1. The highest BCUT2D eigenvalue weighted by Gasteiger charge is 2.08. The lowest BCUT2D eigenvalue weighted by molar-refractivity contribution is 0.416. The molecule has 2 aromatic rings. The van der Waals surface area contributed by atoms with E-state index in [1.165, 1.54) is 11.1 Å². The van der Waals surface area contributed by atoms with E-state index in [0.717, 1.165) is 17.0 Å². The average molecular weight is 246 g/mol. The van der Waals surface area contributed by atoms with Gasteiger partial charge in [-0.25, -0.2) is 4.98 Å². The van der Waals surface area contributed by atoms with E-state index in [0.29, 0.717) is 4.77 Å². The molecule has 0 bridgehead atoms. The lowest BCUT2D eigenvalue weighted by Gasteiger charge is -2.11. The predicted octanol–water partition coefficient (Wildman–Crippen LogP) is 3.43. The maximum Gasteiger partial charge on any atom is 0.197 e. The fourth-order valence-electron chi connectivity index (χ4n) is 1.69. The van der Waals surface area contributed by atoms with E-state index < -0.39 is 0 Å². The molecule has 4 heteroatoms. The summed E-state index contributed by atoms with van der Waals surface area (Å²) >= 11 is 5.03. The third-order valence-electron chi connectivity index (χ3n) is 2.78. The minimum Gasteiger partial charge on any atom is -0.496 e. The van der Waals surface area contributed by atoms with Crippen molar-refractivity contribution in [3.8, 4) is 17.0 Å². The van der Waals surface area contributed by atoms with Crippen LogP contribution in [0.1, 0.15) is 11.1 Å². The molecule has 17 heavy (non-hydrogen) atoms. The normalized spacial score (nSPS) is 10.3. The summed E-state index contributed by atoms with van der Waals surface area (Å²) < 4.78 is 5.88. The summed E-state index contributed by atoms with van der Waals surface area (Å²) in [4.78, 5) is 7.05. The summed E-state index contributed by atoms with van der Waals surface area (Å²) in [5.74, 6) is 0.838. The molecule has 1 N–H and O–H groups in total. The minimum atomic E-state index is 0.475. The van der Waals surface area contributed by atoms with Gasteiger partial charge in [-0.1, -0.05) is 0 Å². The predicted molar refractivity (Wildman–Crippen MR) is 70.9 cm³/mol. The lowest BCUT2D eigenvalue weighted by atomic mass is 10.0. The van der Waals surface area contributed by atoms with Gasteiger partial charge in [-0.3, -0.25) is 0 Å². The van der Waals surface area contributed by atoms with Crippen molar-refractivity contribution in [1.29, 1.82) is 0 Å². The van der Waals surface area contributed by atoms with Gasteiger partial charge in [0.25, 0.3) is 0 Å². The third kappa shape index (κ3) is 2.36. The van der Waals surface area contributed by atoms with Crippen LogP contribution in [0.5, 0.6) is 5.75 Å². The van der Waals surface area contributed by atoms with Gasteiger partial charge in [0.2, 0.25) is 0 Å². The summed E-state index contributed by atoms with van der Waals surface area (Å²) in [5.41, 5.74) is 4.35. The first kappa shape index (κ1) is 11.8. The maximum absolute atomic E-state index is 5.40. The van der Waals surface area contributed by atoms with Gasteiger partial charge in [-0.15, -0.1) is 0 Å². The average Bonchev–Trinajstić information content (AvgIpc) is 2.32. The van der Waals surface area contributed by atoms with Crippen molar-refractivity contribution in [3.05, 3.63) is 40.3 Å². The molecular formula is C13H14N2OS. The number of nitrogens with one attached hydrogen (secondary N) is 1. The van der Waals surface area contributed by atoms with E-state index in [4.69, 9.17) is 17.0 Å². The highest BCUT2D eigenvalue weighted by Crippen LogP contribution is 2.30. The van der Waals surface area contributed by atoms with Crippen LogP contribution < -0.4 is 4.74 Å². The summed E-state index contributed by atoms with van der Waals surface area (Å²) in [5, 5.41) is 0. The molecule has 0 aliphatic rings. The van der Waals surface area contributed by atoms with E-state index in [-0.39, 0.29) is 0 Å². The van der Waals surface area contributed by atoms with Crippen molar-refractivity contribution in [2.45, 2.75) is 13.8 Å². The van der Waals surface area contributed by atoms with Crippen molar-refractivity contribution in [3.63, 3.8) is 0 Å². The highest BCUT2D eigenvalue weighted by molar-refractivity contribution is 7.71. The van der Waals surface area contributed by atoms with Crippen LogP contribution in [0.4, 0.5) is 0 Å². The van der Waals surface area contributed by atoms with E-state index in [1.54, 1.807) is 13.3 Å². The number of rotatable bonds is 2. The Labute approximate surface area is 105 Å². The molecule has 0 saturated heterocycles. The van der Waals surface area contributed by atoms with E-state index in [1.807, 2.05) is 12.1 Å². The van der Waals surface area contributed by atoms with Crippen LogP contribution in [0.25, 0.3) is 11.3 Å². The molecule has 2 rings (SSSR count). The van der Waals surface area contributed by atoms with Gasteiger partial charge < -0.3 is 9.72 Å². The second-order valence-electron chi connectivity index (χ2n) is 3.93. The molecular weight excluding hydrogens is 232 g/mol. The Morgan fingerprint density at radius 3 is 2.59 bits per heavy atom. The largest absolute Gasteiger partial charge is 0.496 e. The zero-order valence-electron chi connectivity index (χ0n) is 10.1. The molecule has 0 unspecified atom stereocenters. The van der Waals surface area contributed by atoms with Crippen molar-refractivity contribution in [2.24, 2.45) is 0 Å². The standard InChI is InChI=1S/C13H14N2OS/c1-8-6-10(12(16-3)7-9(8)2)11-4-5-14-13(17)15-11/h4-7H,1-3H3,(H,14,15,17). The summed E-state index contributed by atoms with van der Waals surface area (Å²) in [6.45, 7) is 4.14. The Kier molecular flexibility index (Phi) is 3.24. The second-order valence-corrected chi connectivity index (χ2v) is 4.31. The van der Waals surface area contributed by atoms with Crippen molar-refractivity contribution in [1.82, 2.24) is 9.97 Å². The molecule has 0 fully saturated rings. The van der Waals surface area contributed by atoms with Crippen molar-refractivity contribution in [2.75, 3.05) is 7.11 Å². The number of benzene rings is 1. The SMILES string of the molecule is COc1cc(C)c(C)cc1-c1ccnc(=S)[nH]1. The number of aryl methyl sites for hydroxylation is 2. The van der Waals surface area contributed by atoms with Gasteiger partial charge in [0.05, 0.1) is 12.8 Å². The first-order chi connectivity index (χ1) is 8.11. The lowest BCUT2D eigenvalue weighted by Crippen LogP contribution is -1.94. The Balaban J connectivity index is 2.66. The number of ether oxygens (including phenoxy) is 1. The molecule has 0 aliphatic carbocycles. The van der Waals surface area contributed by atoms with Gasteiger partial charge in [0.15, 0.2) is 4.77 Å². The molecule has 88 valence electrons. The van der Waals surface area contributed by atoms with Crippen molar-refractivity contribution < 1.29 is 4.74 Å². The third-order valence-corrected chi connectivity index (χ3v) is 2.99. The van der Waals surface area contributed by atoms with Crippen LogP contribution in [0.15, 0.2) is 24.4 Å². The maximum atomic E-state index is 5.40. The molecule has 3 nitrogen and oxygen atoms in total. The zero-order valence-corrected chi connectivity index (χ0v) is 10.9. The number of hydrogen-bond donors (Lipinski definition) is 1. The minimum absolute atomic E-state index is 0.475. The second kappa shape index (κ2) is 4.67. The molecule has 0 spiro atoms. The number of hydrogen-bond acceptors (Lipinski definition) is 3. The summed E-state index contributed by atoms with van der Waals surface area (Å²) in [6.07, 6.45) is 1.70. The Morgan fingerprint density at radius 2 is 1.94 bits per heavy atom. The van der Waals surface area contributed by atoms with Crippen LogP contribution in [0.3, 0.4) is 0 Å². The molecule has 0 aliphatic heterocycles. The molecule has 1 aromatic carbocycles. The molecule has 0 amide bonds. The molecule has 0 atom stereocenters. The number of nitrogens with zero attached hydrogens (tertiary/aromatic N) is 1. The van der Waals surface area contributed by atoms with Gasteiger partial charge >= 0.3 is 0 Å². The van der Waals surface area contributed by atoms with Crippen LogP contribution >= 0.6 is 12.2 Å². The van der Waals surface area contributed by atoms with Crippen LogP contribution in [-0.4, -0.2) is 17.1 Å². The summed E-state index contributed by atoms with van der Waals surface area (Å²) in [7, 11) is 1.67. The van der Waals surface area contributed by atoms with Gasteiger partial charge in [-0.2, -0.15) is 0 Å². The first-order valence-electron chi connectivity index (χ1n) is 5.33. The zero-order chi connectivity index (χ0) is 12.4. The van der Waals surface area contributed by atoms with Gasteiger partial charge in [0, 0.05) is 11.8 Å². The van der Waals surface area contributed by atoms with E-state index in [2.05, 4.69) is 29.9 Å². The number of aromatic amines is 1. The molecule has 1 aromatic heterocycles. The fraction of sp³-hybridized carbons (Fsp3) is 0.231. The fourth-order valence-corrected chi connectivity index (χ4v) is 1.87. The van der Waals surface area contributed by atoms with E-state index in [9.17, 15) is 0 Å². The first-order valence-corrected chi connectivity index (χ1v) is 5.73. The van der Waals surface area contributed by atoms with Crippen LogP contribution in [0.2, 0.25) is 0 Å². The van der Waals surface area contributed by atoms with Gasteiger partial charge in [0.1, 0.15) is 5.75 Å². The molecule has 0 radical (unpaired) electrons. The molecule has 1 heterocycles. The Hall–Kier alpha value is -1.68. The smallest absolute Gasteiger partial charge is 0.197 e. The number of aromatic nitrogens is 2. The van der Waals surface area contributed by atoms with Gasteiger partial charge in [-0.05, 0) is 55.4 Å². The topological polar surface area (TPSA) is 37.9 Å². The van der Waals surface area contributed by atoms with Crippen LogP contribution in [0, 0.1) is 18.6 Å². The highest BCUT2D eigenvalue weighted by atomic mass is 32.1. The van der Waals surface area contributed by atoms with E-state index >= 15 is 0 Å². The summed E-state index contributed by atoms with van der Waals surface area (Å²) in [6, 6.07) is 6.01. The number of methoxy groups -OCH3 is 1. The monoisotopic (exact) mass is 246 g/mol. The quantitative estimate of drug-likeness (QED) is 0.825. The molecule has 0 saturated carbocycles. The Bertz CT molecular complexity index is 605. The van der Waals surface area contributed by atoms with Crippen molar-refractivity contribution >= 4 is 12.2 Å².